The first-order valence-corrected chi connectivity index (χ1v) is 7.36. The normalized spacial score (nSPS) is 18.4. The number of nitro groups is 1. The average Bonchev–Trinajstić information content (AvgIpc) is 2.85. The van der Waals surface area contributed by atoms with E-state index in [4.69, 9.17) is 4.74 Å². The van der Waals surface area contributed by atoms with E-state index >= 15 is 0 Å². The lowest BCUT2D eigenvalue weighted by molar-refractivity contribution is -0.385. The van der Waals surface area contributed by atoms with E-state index < -0.39 is 28.6 Å². The summed E-state index contributed by atoms with van der Waals surface area (Å²) in [7, 11) is 1.28. The summed E-state index contributed by atoms with van der Waals surface area (Å²) >= 11 is 0. The molecule has 1 aliphatic rings. The summed E-state index contributed by atoms with van der Waals surface area (Å²) in [5.74, 6) is -1.28. The van der Waals surface area contributed by atoms with E-state index in [-0.39, 0.29) is 17.0 Å². The number of nitro benzene ring substituents is 1. The summed E-state index contributed by atoms with van der Waals surface area (Å²) < 4.78 is 4.89. The predicted molar refractivity (Wildman–Crippen MR) is 87.6 cm³/mol. The highest BCUT2D eigenvalue weighted by Gasteiger charge is 2.46. The van der Waals surface area contributed by atoms with Crippen molar-refractivity contribution in [2.45, 2.75) is 12.0 Å². The maximum Gasteiger partial charge on any atom is 0.311 e. The summed E-state index contributed by atoms with van der Waals surface area (Å²) in [6.45, 7) is 0. The minimum absolute atomic E-state index is 0.0121. The Balaban J connectivity index is 1.94. The number of para-hydroxylation sites is 1. The molecule has 1 amide bonds. The van der Waals surface area contributed by atoms with E-state index in [2.05, 4.69) is 5.32 Å². The fraction of sp³-hybridized carbons (Fsp3) is 0.176. The SMILES string of the molecule is COc1ccc(C(=O)CC2(O)C(=O)Nc3ccccc32)cc1[N+](=O)[O-]. The van der Waals surface area contributed by atoms with Crippen molar-refractivity contribution in [2.24, 2.45) is 0 Å². The number of nitrogens with one attached hydrogen (secondary N) is 1. The van der Waals surface area contributed by atoms with Crippen molar-refractivity contribution in [2.75, 3.05) is 12.4 Å². The highest BCUT2D eigenvalue weighted by Crippen LogP contribution is 2.39. The fourth-order valence-electron chi connectivity index (χ4n) is 2.82. The van der Waals surface area contributed by atoms with Gasteiger partial charge in [-0.1, -0.05) is 18.2 Å². The third-order valence-electron chi connectivity index (χ3n) is 4.11. The Kier molecular flexibility index (Phi) is 3.97. The molecule has 1 unspecified atom stereocenters. The Labute approximate surface area is 142 Å². The number of carbonyl (C=O) groups is 2. The van der Waals surface area contributed by atoms with Gasteiger partial charge in [-0.05, 0) is 18.2 Å². The number of anilines is 1. The Bertz CT molecular complexity index is 894. The summed E-state index contributed by atoms with van der Waals surface area (Å²) in [6, 6.07) is 10.2. The predicted octanol–water partition coefficient (Wildman–Crippen LogP) is 2.02. The first-order chi connectivity index (χ1) is 11.9. The lowest BCUT2D eigenvalue weighted by atomic mass is 9.88. The van der Waals surface area contributed by atoms with E-state index in [0.29, 0.717) is 11.3 Å². The molecule has 8 nitrogen and oxygen atoms in total. The third-order valence-corrected chi connectivity index (χ3v) is 4.11. The number of Topliss-reactive ketones (excluding diaryl/α,β-unsaturated/α-hetero) is 1. The number of aliphatic hydroxyl groups is 1. The van der Waals surface area contributed by atoms with Gasteiger partial charge in [-0.2, -0.15) is 0 Å². The van der Waals surface area contributed by atoms with Crippen molar-refractivity contribution >= 4 is 23.1 Å². The monoisotopic (exact) mass is 342 g/mol. The summed E-state index contributed by atoms with van der Waals surface area (Å²) in [6.07, 6.45) is -0.528. The first kappa shape index (κ1) is 16.6. The van der Waals surface area contributed by atoms with Gasteiger partial charge >= 0.3 is 5.69 Å². The number of carbonyl (C=O) groups excluding carboxylic acids is 2. The zero-order valence-corrected chi connectivity index (χ0v) is 13.2. The molecule has 1 atom stereocenters. The zero-order valence-electron chi connectivity index (χ0n) is 13.2. The molecule has 2 aromatic rings. The zero-order chi connectivity index (χ0) is 18.2. The average molecular weight is 342 g/mol. The third kappa shape index (κ3) is 2.72. The van der Waals surface area contributed by atoms with Crippen LogP contribution in [0.4, 0.5) is 11.4 Å². The second kappa shape index (κ2) is 5.99. The maximum atomic E-state index is 12.5. The van der Waals surface area contributed by atoms with Crippen molar-refractivity contribution in [3.63, 3.8) is 0 Å². The molecular weight excluding hydrogens is 328 g/mol. The molecule has 0 aliphatic carbocycles. The van der Waals surface area contributed by atoms with Crippen LogP contribution < -0.4 is 10.1 Å². The van der Waals surface area contributed by atoms with Gasteiger partial charge in [-0.25, -0.2) is 0 Å². The second-order valence-electron chi connectivity index (χ2n) is 5.60. The minimum Gasteiger partial charge on any atom is -0.490 e. The molecule has 0 aromatic heterocycles. The van der Waals surface area contributed by atoms with Gasteiger partial charge in [0.05, 0.1) is 18.5 Å². The summed E-state index contributed by atoms with van der Waals surface area (Å²) in [4.78, 5) is 35.1. The molecule has 0 radical (unpaired) electrons. The molecule has 0 spiro atoms. The lowest BCUT2D eigenvalue weighted by Crippen LogP contribution is -2.36. The second-order valence-corrected chi connectivity index (χ2v) is 5.60. The Morgan fingerprint density at radius 1 is 1.32 bits per heavy atom. The largest absolute Gasteiger partial charge is 0.490 e. The van der Waals surface area contributed by atoms with Gasteiger partial charge in [0, 0.05) is 22.9 Å². The van der Waals surface area contributed by atoms with Crippen molar-refractivity contribution < 1.29 is 24.4 Å². The number of benzene rings is 2. The van der Waals surface area contributed by atoms with Crippen molar-refractivity contribution in [1.82, 2.24) is 0 Å². The maximum absolute atomic E-state index is 12.5. The van der Waals surface area contributed by atoms with Gasteiger partial charge in [0.2, 0.25) is 0 Å². The number of hydrogen-bond donors (Lipinski definition) is 2. The van der Waals surface area contributed by atoms with Crippen LogP contribution in [-0.4, -0.2) is 28.8 Å². The molecule has 1 aliphatic heterocycles. The van der Waals surface area contributed by atoms with Gasteiger partial charge in [0.15, 0.2) is 17.1 Å². The highest BCUT2D eigenvalue weighted by atomic mass is 16.6. The Morgan fingerprint density at radius 2 is 2.04 bits per heavy atom. The molecule has 3 rings (SSSR count). The van der Waals surface area contributed by atoms with E-state index in [1.54, 1.807) is 24.3 Å². The number of fused-ring (bicyclic) bond motifs is 1. The molecular formula is C17H14N2O6. The molecule has 0 saturated carbocycles. The number of ether oxygens (including phenoxy) is 1. The number of rotatable bonds is 5. The first-order valence-electron chi connectivity index (χ1n) is 7.36. The summed E-state index contributed by atoms with van der Waals surface area (Å²) in [5.41, 5.74) is -1.63. The molecule has 2 aromatic carbocycles. The number of hydrogen-bond acceptors (Lipinski definition) is 6. The van der Waals surface area contributed by atoms with Gasteiger partial charge in [-0.3, -0.25) is 19.7 Å². The van der Waals surface area contributed by atoms with Crippen LogP contribution in [0.15, 0.2) is 42.5 Å². The fourth-order valence-corrected chi connectivity index (χ4v) is 2.82. The van der Waals surface area contributed by atoms with E-state index in [0.717, 1.165) is 6.07 Å². The molecule has 0 bridgehead atoms. The Morgan fingerprint density at radius 3 is 2.72 bits per heavy atom. The minimum atomic E-state index is -2.01. The summed E-state index contributed by atoms with van der Waals surface area (Å²) in [5, 5.41) is 24.3. The van der Waals surface area contributed by atoms with Crippen molar-refractivity contribution in [3.05, 3.63) is 63.7 Å². The van der Waals surface area contributed by atoms with Crippen molar-refractivity contribution in [3.8, 4) is 5.75 Å². The van der Waals surface area contributed by atoms with E-state index in [9.17, 15) is 24.8 Å². The van der Waals surface area contributed by atoms with Gasteiger partial charge in [-0.15, -0.1) is 0 Å². The van der Waals surface area contributed by atoms with Crippen LogP contribution in [0.2, 0.25) is 0 Å². The van der Waals surface area contributed by atoms with Crippen molar-refractivity contribution in [1.29, 1.82) is 0 Å². The van der Waals surface area contributed by atoms with Crippen LogP contribution in [0.3, 0.4) is 0 Å². The molecule has 0 saturated heterocycles. The standard InChI is InChI=1S/C17H14N2O6/c1-25-15-7-6-10(8-13(15)19(23)24)14(20)9-17(22)11-4-2-3-5-12(11)18-16(17)21/h2-8,22H,9H2,1H3,(H,18,21). The van der Waals surface area contributed by atoms with Gasteiger partial charge < -0.3 is 15.2 Å². The molecule has 1 heterocycles. The highest BCUT2D eigenvalue weighted by molar-refractivity contribution is 6.09. The van der Waals surface area contributed by atoms with Crippen LogP contribution in [0.1, 0.15) is 22.3 Å². The van der Waals surface area contributed by atoms with Gasteiger partial charge in [0.1, 0.15) is 0 Å². The van der Waals surface area contributed by atoms with Crippen LogP contribution in [0, 0.1) is 10.1 Å². The smallest absolute Gasteiger partial charge is 0.311 e. The number of nitrogens with zero attached hydrogens (tertiary/aromatic N) is 1. The molecule has 25 heavy (non-hydrogen) atoms. The molecule has 8 heteroatoms. The number of methoxy groups -OCH3 is 1. The molecule has 0 fully saturated rings. The van der Waals surface area contributed by atoms with Crippen LogP contribution in [0.25, 0.3) is 0 Å². The molecule has 128 valence electrons. The molecule has 2 N–H and O–H groups in total. The Hall–Kier alpha value is -3.26. The van der Waals surface area contributed by atoms with Crippen LogP contribution >= 0.6 is 0 Å². The number of ketones is 1. The van der Waals surface area contributed by atoms with Crippen LogP contribution in [0.5, 0.6) is 5.75 Å². The quantitative estimate of drug-likeness (QED) is 0.487. The van der Waals surface area contributed by atoms with E-state index in [1.807, 2.05) is 0 Å². The topological polar surface area (TPSA) is 119 Å². The van der Waals surface area contributed by atoms with E-state index in [1.165, 1.54) is 19.2 Å². The van der Waals surface area contributed by atoms with Crippen LogP contribution in [-0.2, 0) is 10.4 Å². The lowest BCUT2D eigenvalue weighted by Gasteiger charge is -2.20. The van der Waals surface area contributed by atoms with Gasteiger partial charge in [0.25, 0.3) is 5.91 Å². The number of amides is 1.